The molecule has 1 fully saturated rings. The van der Waals surface area contributed by atoms with Gasteiger partial charge in [0.25, 0.3) is 0 Å². The third-order valence-corrected chi connectivity index (χ3v) is 4.34. The molecule has 0 aliphatic heterocycles. The van der Waals surface area contributed by atoms with Gasteiger partial charge in [0, 0.05) is 29.6 Å². The van der Waals surface area contributed by atoms with E-state index in [4.69, 9.17) is 10.5 Å². The van der Waals surface area contributed by atoms with E-state index in [1.807, 2.05) is 24.4 Å². The molecule has 3 rings (SSSR count). The summed E-state index contributed by atoms with van der Waals surface area (Å²) in [6.07, 6.45) is 10.8. The first-order valence-electron chi connectivity index (χ1n) is 7.72. The third-order valence-electron chi connectivity index (χ3n) is 4.34. The van der Waals surface area contributed by atoms with E-state index in [0.717, 1.165) is 35.0 Å². The van der Waals surface area contributed by atoms with Crippen LogP contribution >= 0.6 is 0 Å². The molecule has 0 spiro atoms. The van der Waals surface area contributed by atoms with Crippen molar-refractivity contribution in [3.8, 4) is 16.9 Å². The number of benzene rings is 1. The van der Waals surface area contributed by atoms with Crippen LogP contribution in [0.3, 0.4) is 0 Å². The SMILES string of the molecule is COc1ccc(N)cc1-c1cnn(CC2CCCCC2)c1. The van der Waals surface area contributed by atoms with Crippen molar-refractivity contribution in [2.45, 2.75) is 38.6 Å². The van der Waals surface area contributed by atoms with Crippen LogP contribution in [0.4, 0.5) is 5.69 Å². The van der Waals surface area contributed by atoms with Gasteiger partial charge in [0.2, 0.25) is 0 Å². The molecule has 4 nitrogen and oxygen atoms in total. The fourth-order valence-corrected chi connectivity index (χ4v) is 3.19. The fraction of sp³-hybridized carbons (Fsp3) is 0.471. The van der Waals surface area contributed by atoms with Crippen LogP contribution in [0.15, 0.2) is 30.6 Å². The molecule has 112 valence electrons. The quantitative estimate of drug-likeness (QED) is 0.871. The van der Waals surface area contributed by atoms with E-state index in [-0.39, 0.29) is 0 Å². The minimum absolute atomic E-state index is 0.742. The van der Waals surface area contributed by atoms with Gasteiger partial charge in [-0.15, -0.1) is 0 Å². The predicted octanol–water partition coefficient (Wildman–Crippen LogP) is 3.72. The molecule has 1 aliphatic carbocycles. The fourth-order valence-electron chi connectivity index (χ4n) is 3.19. The van der Waals surface area contributed by atoms with Gasteiger partial charge in [0.1, 0.15) is 5.75 Å². The van der Waals surface area contributed by atoms with Crippen LogP contribution in [0.5, 0.6) is 5.75 Å². The molecule has 4 heteroatoms. The molecule has 0 saturated heterocycles. The molecule has 2 N–H and O–H groups in total. The maximum absolute atomic E-state index is 5.89. The van der Waals surface area contributed by atoms with Crippen LogP contribution in [0.1, 0.15) is 32.1 Å². The zero-order chi connectivity index (χ0) is 14.7. The van der Waals surface area contributed by atoms with Crippen molar-refractivity contribution < 1.29 is 4.74 Å². The number of aromatic nitrogens is 2. The van der Waals surface area contributed by atoms with Crippen LogP contribution in [0, 0.1) is 5.92 Å². The van der Waals surface area contributed by atoms with Crippen molar-refractivity contribution in [2.24, 2.45) is 5.92 Å². The zero-order valence-electron chi connectivity index (χ0n) is 12.6. The summed E-state index contributed by atoms with van der Waals surface area (Å²) in [5.74, 6) is 1.61. The average Bonchev–Trinajstić information content (AvgIpc) is 2.96. The predicted molar refractivity (Wildman–Crippen MR) is 85.2 cm³/mol. The van der Waals surface area contributed by atoms with Crippen molar-refractivity contribution in [3.05, 3.63) is 30.6 Å². The monoisotopic (exact) mass is 285 g/mol. The lowest BCUT2D eigenvalue weighted by Crippen LogP contribution is -2.14. The van der Waals surface area contributed by atoms with Crippen molar-refractivity contribution in [2.75, 3.05) is 12.8 Å². The maximum atomic E-state index is 5.89. The van der Waals surface area contributed by atoms with E-state index in [1.54, 1.807) is 7.11 Å². The number of ether oxygens (including phenoxy) is 1. The first-order valence-corrected chi connectivity index (χ1v) is 7.72. The molecular weight excluding hydrogens is 262 g/mol. The lowest BCUT2D eigenvalue weighted by molar-refractivity contribution is 0.308. The van der Waals surface area contributed by atoms with Gasteiger partial charge in [-0.05, 0) is 37.0 Å². The normalized spacial score (nSPS) is 16.0. The van der Waals surface area contributed by atoms with E-state index >= 15 is 0 Å². The Bertz CT molecular complexity index is 600. The molecule has 21 heavy (non-hydrogen) atoms. The lowest BCUT2D eigenvalue weighted by Gasteiger charge is -2.21. The highest BCUT2D eigenvalue weighted by Gasteiger charge is 2.15. The summed E-state index contributed by atoms with van der Waals surface area (Å²) in [6, 6.07) is 5.71. The Kier molecular flexibility index (Phi) is 4.13. The van der Waals surface area contributed by atoms with Crippen molar-refractivity contribution in [3.63, 3.8) is 0 Å². The van der Waals surface area contributed by atoms with E-state index in [0.29, 0.717) is 0 Å². The van der Waals surface area contributed by atoms with Crippen LogP contribution in [0.25, 0.3) is 11.1 Å². The van der Waals surface area contributed by atoms with Crippen molar-refractivity contribution in [1.82, 2.24) is 9.78 Å². The first kappa shape index (κ1) is 14.0. The minimum Gasteiger partial charge on any atom is -0.496 e. The Morgan fingerprint density at radius 2 is 2.10 bits per heavy atom. The molecular formula is C17H23N3O. The Labute approximate surface area is 125 Å². The van der Waals surface area contributed by atoms with Gasteiger partial charge in [-0.3, -0.25) is 4.68 Å². The molecule has 1 aliphatic rings. The molecule has 2 aromatic rings. The number of anilines is 1. The Morgan fingerprint density at radius 3 is 2.86 bits per heavy atom. The van der Waals surface area contributed by atoms with E-state index < -0.39 is 0 Å². The smallest absolute Gasteiger partial charge is 0.126 e. The maximum Gasteiger partial charge on any atom is 0.126 e. The average molecular weight is 285 g/mol. The van der Waals surface area contributed by atoms with Gasteiger partial charge in [0.05, 0.1) is 13.3 Å². The summed E-state index contributed by atoms with van der Waals surface area (Å²) in [5, 5.41) is 4.51. The third kappa shape index (κ3) is 3.20. The summed E-state index contributed by atoms with van der Waals surface area (Å²) in [5.41, 5.74) is 8.71. The second-order valence-corrected chi connectivity index (χ2v) is 5.91. The Morgan fingerprint density at radius 1 is 1.29 bits per heavy atom. The molecule has 1 heterocycles. The summed E-state index contributed by atoms with van der Waals surface area (Å²) in [4.78, 5) is 0. The highest BCUT2D eigenvalue weighted by atomic mass is 16.5. The van der Waals surface area contributed by atoms with Crippen molar-refractivity contribution in [1.29, 1.82) is 0 Å². The van der Waals surface area contributed by atoms with E-state index in [2.05, 4.69) is 16.0 Å². The van der Waals surface area contributed by atoms with Gasteiger partial charge >= 0.3 is 0 Å². The molecule has 1 aromatic carbocycles. The largest absolute Gasteiger partial charge is 0.496 e. The first-order chi connectivity index (χ1) is 10.3. The van der Waals surface area contributed by atoms with Crippen LogP contribution in [-0.4, -0.2) is 16.9 Å². The zero-order valence-corrected chi connectivity index (χ0v) is 12.6. The Hall–Kier alpha value is -1.97. The second kappa shape index (κ2) is 6.20. The van der Waals surface area contributed by atoms with Gasteiger partial charge in [0.15, 0.2) is 0 Å². The summed E-state index contributed by atoms with van der Waals surface area (Å²) < 4.78 is 7.48. The Balaban J connectivity index is 1.79. The van der Waals surface area contributed by atoms with Gasteiger partial charge in [-0.2, -0.15) is 5.10 Å². The van der Waals surface area contributed by atoms with Gasteiger partial charge in [-0.25, -0.2) is 0 Å². The number of hydrogen-bond acceptors (Lipinski definition) is 3. The molecule has 0 bridgehead atoms. The number of nitrogens with two attached hydrogens (primary N) is 1. The summed E-state index contributed by atoms with van der Waals surface area (Å²) >= 11 is 0. The highest BCUT2D eigenvalue weighted by Crippen LogP contribution is 2.32. The lowest BCUT2D eigenvalue weighted by atomic mass is 9.89. The van der Waals surface area contributed by atoms with E-state index in [9.17, 15) is 0 Å². The highest BCUT2D eigenvalue weighted by molar-refractivity contribution is 5.72. The summed E-state index contributed by atoms with van der Waals surface area (Å²) in [6.45, 7) is 1.02. The van der Waals surface area contributed by atoms with Crippen LogP contribution in [0.2, 0.25) is 0 Å². The number of nitrogens with zero attached hydrogens (tertiary/aromatic N) is 2. The van der Waals surface area contributed by atoms with Gasteiger partial charge < -0.3 is 10.5 Å². The van der Waals surface area contributed by atoms with Crippen LogP contribution < -0.4 is 10.5 Å². The minimum atomic E-state index is 0.742. The topological polar surface area (TPSA) is 53.1 Å². The molecule has 1 aromatic heterocycles. The van der Waals surface area contributed by atoms with Crippen LogP contribution in [-0.2, 0) is 6.54 Å². The number of rotatable bonds is 4. The number of methoxy groups -OCH3 is 1. The standard InChI is InChI=1S/C17H23N3O/c1-21-17-8-7-15(18)9-16(17)14-10-19-20(12-14)11-13-5-3-2-4-6-13/h7-10,12-13H,2-6,11,18H2,1H3. The second-order valence-electron chi connectivity index (χ2n) is 5.91. The molecule has 0 atom stereocenters. The molecule has 0 unspecified atom stereocenters. The van der Waals surface area contributed by atoms with Gasteiger partial charge in [-0.1, -0.05) is 19.3 Å². The van der Waals surface area contributed by atoms with E-state index in [1.165, 1.54) is 32.1 Å². The molecule has 0 amide bonds. The summed E-state index contributed by atoms with van der Waals surface area (Å²) in [7, 11) is 1.68. The number of hydrogen-bond donors (Lipinski definition) is 1. The number of nitrogen functional groups attached to an aromatic ring is 1. The molecule has 1 saturated carbocycles. The molecule has 0 radical (unpaired) electrons. The van der Waals surface area contributed by atoms with Crippen molar-refractivity contribution >= 4 is 5.69 Å².